The summed E-state index contributed by atoms with van der Waals surface area (Å²) >= 11 is 0. The number of nitrogens with one attached hydrogen (secondary N) is 1. The third kappa shape index (κ3) is 4.62. The number of piperazine rings is 1. The van der Waals surface area contributed by atoms with E-state index in [-0.39, 0.29) is 5.97 Å². The third-order valence-electron chi connectivity index (χ3n) is 6.04. The van der Waals surface area contributed by atoms with Crippen molar-refractivity contribution in [2.24, 2.45) is 0 Å². The first-order valence-electron chi connectivity index (χ1n) is 10.5. The molecule has 3 rings (SSSR count). The van der Waals surface area contributed by atoms with Gasteiger partial charge >= 0.3 is 13.1 Å². The van der Waals surface area contributed by atoms with Crippen LogP contribution in [-0.2, 0) is 14.0 Å². The van der Waals surface area contributed by atoms with Gasteiger partial charge in [-0.15, -0.1) is 0 Å². The number of hydrogen-bond acceptors (Lipinski definition) is 6. The van der Waals surface area contributed by atoms with Gasteiger partial charge in [0.1, 0.15) is 5.60 Å². The molecular weight excluding hydrogens is 367 g/mol. The molecule has 6 nitrogen and oxygen atoms in total. The van der Waals surface area contributed by atoms with Gasteiger partial charge < -0.3 is 24.3 Å². The molecule has 160 valence electrons. The summed E-state index contributed by atoms with van der Waals surface area (Å²) in [6, 6.07) is 4.06. The van der Waals surface area contributed by atoms with Crippen molar-refractivity contribution in [1.82, 2.24) is 5.32 Å². The Morgan fingerprint density at radius 2 is 1.66 bits per heavy atom. The van der Waals surface area contributed by atoms with Crippen molar-refractivity contribution in [3.8, 4) is 0 Å². The van der Waals surface area contributed by atoms with Crippen LogP contribution in [0.2, 0.25) is 0 Å². The van der Waals surface area contributed by atoms with Crippen LogP contribution in [0.15, 0.2) is 12.1 Å². The van der Waals surface area contributed by atoms with Crippen molar-refractivity contribution in [2.75, 3.05) is 31.1 Å². The van der Waals surface area contributed by atoms with Gasteiger partial charge in [-0.1, -0.05) is 0 Å². The Kier molecular flexibility index (Phi) is 5.80. The van der Waals surface area contributed by atoms with E-state index in [1.54, 1.807) is 0 Å². The summed E-state index contributed by atoms with van der Waals surface area (Å²) in [5.41, 5.74) is 1.86. The molecule has 0 radical (unpaired) electrons. The topological polar surface area (TPSA) is 60.0 Å². The highest BCUT2D eigenvalue weighted by Gasteiger charge is 2.52. The SMILES string of the molecule is Cc1c(B2OC(C)(C)C(C)(C)O2)cc(N2CCNCC2)cc1C(=O)OC(C)(C)C. The minimum atomic E-state index is -0.556. The molecule has 0 amide bonds. The van der Waals surface area contributed by atoms with Crippen molar-refractivity contribution >= 4 is 24.2 Å². The van der Waals surface area contributed by atoms with E-state index in [0.717, 1.165) is 42.9 Å². The number of anilines is 1. The zero-order valence-electron chi connectivity index (χ0n) is 19.1. The molecule has 0 unspecified atom stereocenters. The number of hydrogen-bond donors (Lipinski definition) is 1. The minimum absolute atomic E-state index is 0.315. The molecule has 1 aromatic carbocycles. The van der Waals surface area contributed by atoms with Gasteiger partial charge in [0.2, 0.25) is 0 Å². The lowest BCUT2D eigenvalue weighted by atomic mass is 9.74. The molecular formula is C22H35BN2O4. The van der Waals surface area contributed by atoms with Crippen LogP contribution in [0.5, 0.6) is 0 Å². The molecule has 1 aromatic rings. The van der Waals surface area contributed by atoms with E-state index in [9.17, 15) is 4.79 Å². The quantitative estimate of drug-likeness (QED) is 0.620. The van der Waals surface area contributed by atoms with E-state index >= 15 is 0 Å². The average Bonchev–Trinajstić information content (AvgIpc) is 2.81. The lowest BCUT2D eigenvalue weighted by molar-refractivity contribution is 0.00578. The summed E-state index contributed by atoms with van der Waals surface area (Å²) in [7, 11) is -0.524. The van der Waals surface area contributed by atoms with Crippen molar-refractivity contribution in [3.63, 3.8) is 0 Å². The lowest BCUT2D eigenvalue weighted by Gasteiger charge is -2.32. The van der Waals surface area contributed by atoms with Crippen LogP contribution in [0.3, 0.4) is 0 Å². The molecule has 2 heterocycles. The van der Waals surface area contributed by atoms with Crippen LogP contribution >= 0.6 is 0 Å². The van der Waals surface area contributed by atoms with Gasteiger partial charge in [-0.05, 0) is 78.5 Å². The summed E-state index contributed by atoms with van der Waals surface area (Å²) in [5, 5.41) is 3.37. The molecule has 7 heteroatoms. The Hall–Kier alpha value is -1.57. The van der Waals surface area contributed by atoms with E-state index in [4.69, 9.17) is 14.0 Å². The maximum absolute atomic E-state index is 13.0. The zero-order valence-corrected chi connectivity index (χ0v) is 19.1. The number of carbonyl (C=O) groups is 1. The lowest BCUT2D eigenvalue weighted by Crippen LogP contribution is -2.45. The van der Waals surface area contributed by atoms with Gasteiger partial charge in [0.25, 0.3) is 0 Å². The van der Waals surface area contributed by atoms with Crippen LogP contribution in [0, 0.1) is 6.92 Å². The second-order valence-corrected chi connectivity index (χ2v) is 10.0. The fourth-order valence-corrected chi connectivity index (χ4v) is 3.59. The summed E-state index contributed by atoms with van der Waals surface area (Å²) in [5.74, 6) is -0.315. The highest BCUT2D eigenvalue weighted by atomic mass is 16.7. The Bertz CT molecular complexity index is 764. The normalized spacial score (nSPS) is 21.4. The first kappa shape index (κ1) is 22.1. The molecule has 2 aliphatic rings. The van der Waals surface area contributed by atoms with E-state index in [1.807, 2.05) is 61.5 Å². The number of nitrogens with zero attached hydrogens (tertiary/aromatic N) is 1. The molecule has 0 spiro atoms. The molecule has 0 atom stereocenters. The van der Waals surface area contributed by atoms with Crippen LogP contribution in [-0.4, -0.2) is 56.1 Å². The minimum Gasteiger partial charge on any atom is -0.456 e. The molecule has 1 N–H and O–H groups in total. The zero-order chi connectivity index (χ0) is 21.6. The number of esters is 1. The summed E-state index contributed by atoms with van der Waals surface area (Å²) in [6.45, 7) is 19.4. The maximum Gasteiger partial charge on any atom is 0.495 e. The fraction of sp³-hybridized carbons (Fsp3) is 0.682. The van der Waals surface area contributed by atoms with E-state index in [2.05, 4.69) is 16.3 Å². The Morgan fingerprint density at radius 1 is 1.10 bits per heavy atom. The van der Waals surface area contributed by atoms with Crippen molar-refractivity contribution in [1.29, 1.82) is 0 Å². The smallest absolute Gasteiger partial charge is 0.456 e. The number of ether oxygens (including phenoxy) is 1. The Morgan fingerprint density at radius 3 is 2.17 bits per heavy atom. The van der Waals surface area contributed by atoms with Gasteiger partial charge in [0.15, 0.2) is 0 Å². The Labute approximate surface area is 175 Å². The molecule has 0 aliphatic carbocycles. The highest BCUT2D eigenvalue weighted by molar-refractivity contribution is 6.63. The standard InChI is InChI=1S/C22H35BN2O4/c1-15-17(19(26)27-20(2,3)4)13-16(25-11-9-24-10-12-25)14-18(15)23-28-21(5,6)22(7,8)29-23/h13-14,24H,9-12H2,1-8H3. The van der Waals surface area contributed by atoms with Gasteiger partial charge in [-0.3, -0.25) is 0 Å². The average molecular weight is 402 g/mol. The number of carbonyl (C=O) groups excluding carboxylic acids is 1. The van der Waals surface area contributed by atoms with Crippen LogP contribution in [0.25, 0.3) is 0 Å². The molecule has 0 aromatic heterocycles. The van der Waals surface area contributed by atoms with Crippen molar-refractivity contribution < 1.29 is 18.8 Å². The van der Waals surface area contributed by atoms with Gasteiger partial charge in [0, 0.05) is 31.9 Å². The van der Waals surface area contributed by atoms with E-state index in [1.165, 1.54) is 0 Å². The maximum atomic E-state index is 13.0. The summed E-state index contributed by atoms with van der Waals surface area (Å²) in [4.78, 5) is 15.3. The highest BCUT2D eigenvalue weighted by Crippen LogP contribution is 2.37. The molecule has 29 heavy (non-hydrogen) atoms. The molecule has 2 aliphatic heterocycles. The largest absolute Gasteiger partial charge is 0.495 e. The molecule has 0 saturated carbocycles. The fourth-order valence-electron chi connectivity index (χ4n) is 3.59. The van der Waals surface area contributed by atoms with Crippen molar-refractivity contribution in [2.45, 2.75) is 72.2 Å². The van der Waals surface area contributed by atoms with E-state index < -0.39 is 23.9 Å². The molecule has 0 bridgehead atoms. The van der Waals surface area contributed by atoms with Gasteiger partial charge in [-0.25, -0.2) is 4.79 Å². The number of benzene rings is 1. The predicted octanol–water partition coefficient (Wildman–Crippen LogP) is 2.66. The summed E-state index contributed by atoms with van der Waals surface area (Å²) < 4.78 is 18.3. The first-order valence-corrected chi connectivity index (χ1v) is 10.5. The van der Waals surface area contributed by atoms with Crippen LogP contribution in [0.1, 0.15) is 64.4 Å². The summed E-state index contributed by atoms with van der Waals surface area (Å²) in [6.07, 6.45) is 0. The Balaban J connectivity index is 2.05. The predicted molar refractivity (Wildman–Crippen MR) is 117 cm³/mol. The van der Waals surface area contributed by atoms with Crippen LogP contribution < -0.4 is 15.7 Å². The van der Waals surface area contributed by atoms with Gasteiger partial charge in [-0.2, -0.15) is 0 Å². The third-order valence-corrected chi connectivity index (χ3v) is 6.04. The van der Waals surface area contributed by atoms with Gasteiger partial charge in [0.05, 0.1) is 16.8 Å². The molecule has 2 fully saturated rings. The second-order valence-electron chi connectivity index (χ2n) is 10.0. The first-order chi connectivity index (χ1) is 13.3. The monoisotopic (exact) mass is 402 g/mol. The van der Waals surface area contributed by atoms with Crippen molar-refractivity contribution in [3.05, 3.63) is 23.3 Å². The van der Waals surface area contributed by atoms with E-state index in [0.29, 0.717) is 5.56 Å². The second kappa shape index (κ2) is 7.60. The molecule has 2 saturated heterocycles. The van der Waals surface area contributed by atoms with Crippen LogP contribution in [0.4, 0.5) is 5.69 Å². The number of rotatable bonds is 3.